The van der Waals surface area contributed by atoms with Gasteiger partial charge in [0.25, 0.3) is 0 Å². The molecule has 2 amide bonds. The zero-order valence-electron chi connectivity index (χ0n) is 16.7. The normalized spacial score (nSPS) is 22.8. The predicted molar refractivity (Wildman–Crippen MR) is 110 cm³/mol. The molecule has 7 nitrogen and oxygen atoms in total. The van der Waals surface area contributed by atoms with Crippen LogP contribution in [-0.2, 0) is 25.8 Å². The Morgan fingerprint density at radius 3 is 2.39 bits per heavy atom. The Morgan fingerprint density at radius 1 is 1.23 bits per heavy atom. The van der Waals surface area contributed by atoms with Crippen molar-refractivity contribution in [2.45, 2.75) is 35.7 Å². The van der Waals surface area contributed by atoms with Crippen LogP contribution in [0.5, 0.6) is 0 Å². The summed E-state index contributed by atoms with van der Waals surface area (Å²) in [5, 5.41) is 2.11. The van der Waals surface area contributed by atoms with Gasteiger partial charge in [-0.1, -0.05) is 11.6 Å². The minimum absolute atomic E-state index is 0.0677. The summed E-state index contributed by atoms with van der Waals surface area (Å²) in [6.45, 7) is 3.52. The van der Waals surface area contributed by atoms with Gasteiger partial charge in [0.1, 0.15) is 6.04 Å². The van der Waals surface area contributed by atoms with Crippen molar-refractivity contribution in [1.82, 2.24) is 14.5 Å². The smallest absolute Gasteiger partial charge is 0.342 e. The van der Waals surface area contributed by atoms with Crippen molar-refractivity contribution < 1.29 is 31.2 Å². The largest absolute Gasteiger partial charge is 0.417 e. The summed E-state index contributed by atoms with van der Waals surface area (Å²) in [4.78, 5) is 25.8. The van der Waals surface area contributed by atoms with Crippen LogP contribution in [0.4, 0.5) is 13.2 Å². The standard InChI is InChI=1S/C18H21ClF3N3O4S2/c1-17(2)16(27)23-14(10-30-17)15(26)24-5-7-25(8-6-24)31(28,29)11-3-4-13(19)12(9-11)18(20,21)22/h3-4,9,14H,5-8,10H2,1-2H3,(H,23,27)/t14-/m0/s1. The first-order valence-electron chi connectivity index (χ1n) is 9.34. The highest BCUT2D eigenvalue weighted by atomic mass is 35.5. The number of nitrogens with zero attached hydrogens (tertiary/aromatic N) is 2. The van der Waals surface area contributed by atoms with E-state index in [-0.39, 0.29) is 38.0 Å². The molecule has 1 aromatic rings. The molecule has 13 heteroatoms. The van der Waals surface area contributed by atoms with Gasteiger partial charge in [0.05, 0.1) is 20.2 Å². The first kappa shape index (κ1) is 24.1. The fourth-order valence-corrected chi connectivity index (χ4v) is 5.94. The van der Waals surface area contributed by atoms with Crippen LogP contribution in [0.1, 0.15) is 19.4 Å². The van der Waals surface area contributed by atoms with Crippen molar-refractivity contribution in [3.8, 4) is 0 Å². The van der Waals surface area contributed by atoms with Gasteiger partial charge in [-0.3, -0.25) is 9.59 Å². The molecule has 2 heterocycles. The summed E-state index contributed by atoms with van der Waals surface area (Å²) in [6, 6.07) is 1.76. The number of piperazine rings is 1. The second-order valence-corrected chi connectivity index (χ2v) is 11.7. The molecule has 0 saturated carbocycles. The molecule has 2 aliphatic rings. The van der Waals surface area contributed by atoms with Gasteiger partial charge in [-0.2, -0.15) is 17.5 Å². The van der Waals surface area contributed by atoms with Crippen molar-refractivity contribution in [3.63, 3.8) is 0 Å². The molecule has 1 aromatic carbocycles. The van der Waals surface area contributed by atoms with E-state index in [9.17, 15) is 31.2 Å². The molecule has 0 radical (unpaired) electrons. The van der Waals surface area contributed by atoms with Gasteiger partial charge < -0.3 is 10.2 Å². The number of nitrogens with one attached hydrogen (secondary N) is 1. The Morgan fingerprint density at radius 2 is 1.84 bits per heavy atom. The van der Waals surface area contributed by atoms with E-state index in [1.165, 1.54) is 16.7 Å². The SMILES string of the molecule is CC1(C)SC[C@@H](C(=O)N2CCN(S(=O)(=O)c3ccc(Cl)c(C(F)(F)F)c3)CC2)NC1=O. The third kappa shape index (κ3) is 4.96. The molecule has 31 heavy (non-hydrogen) atoms. The topological polar surface area (TPSA) is 86.8 Å². The van der Waals surface area contributed by atoms with Crippen LogP contribution < -0.4 is 5.32 Å². The lowest BCUT2D eigenvalue weighted by molar-refractivity contribution is -0.138. The first-order valence-corrected chi connectivity index (χ1v) is 12.1. The fourth-order valence-electron chi connectivity index (χ4n) is 3.26. The number of rotatable bonds is 3. The van der Waals surface area contributed by atoms with E-state index in [1.807, 2.05) is 0 Å². The number of benzene rings is 1. The summed E-state index contributed by atoms with van der Waals surface area (Å²) in [5.41, 5.74) is -1.22. The predicted octanol–water partition coefficient (Wildman–Crippen LogP) is 2.20. The summed E-state index contributed by atoms with van der Waals surface area (Å²) >= 11 is 6.94. The minimum atomic E-state index is -4.79. The summed E-state index contributed by atoms with van der Waals surface area (Å²) in [6.07, 6.45) is -4.79. The number of halogens is 4. The fraction of sp³-hybridized carbons (Fsp3) is 0.556. The van der Waals surface area contributed by atoms with Crippen LogP contribution in [0.15, 0.2) is 23.1 Å². The number of alkyl halides is 3. The number of amides is 2. The zero-order chi connectivity index (χ0) is 23.2. The van der Waals surface area contributed by atoms with Crippen LogP contribution in [0.3, 0.4) is 0 Å². The third-order valence-corrected chi connectivity index (χ3v) is 8.82. The van der Waals surface area contributed by atoms with Crippen LogP contribution in [0.25, 0.3) is 0 Å². The summed E-state index contributed by atoms with van der Waals surface area (Å²) < 4.78 is 65.3. The van der Waals surface area contributed by atoms with E-state index in [2.05, 4.69) is 5.32 Å². The van der Waals surface area contributed by atoms with E-state index >= 15 is 0 Å². The van der Waals surface area contributed by atoms with Crippen LogP contribution in [0, 0.1) is 0 Å². The van der Waals surface area contributed by atoms with E-state index in [0.29, 0.717) is 11.8 Å². The van der Waals surface area contributed by atoms with Gasteiger partial charge in [-0.05, 0) is 32.0 Å². The Labute approximate surface area is 187 Å². The molecule has 1 N–H and O–H groups in total. The van der Waals surface area contributed by atoms with Crippen molar-refractivity contribution in [1.29, 1.82) is 0 Å². The number of thioether (sulfide) groups is 1. The molecule has 0 unspecified atom stereocenters. The van der Waals surface area contributed by atoms with Gasteiger partial charge >= 0.3 is 6.18 Å². The van der Waals surface area contributed by atoms with Crippen molar-refractivity contribution in [2.75, 3.05) is 31.9 Å². The highest BCUT2D eigenvalue weighted by Gasteiger charge is 2.41. The minimum Gasteiger partial charge on any atom is -0.342 e. The molecule has 0 aliphatic carbocycles. The Kier molecular flexibility index (Phi) is 6.58. The average molecular weight is 500 g/mol. The van der Waals surface area contributed by atoms with Gasteiger partial charge in [0, 0.05) is 31.9 Å². The zero-order valence-corrected chi connectivity index (χ0v) is 19.1. The molecule has 172 valence electrons. The number of carbonyl (C=O) groups is 2. The second-order valence-electron chi connectivity index (χ2n) is 7.72. The van der Waals surface area contributed by atoms with E-state index in [1.54, 1.807) is 13.8 Å². The number of sulfonamides is 1. The molecule has 0 bridgehead atoms. The van der Waals surface area contributed by atoms with Crippen LogP contribution >= 0.6 is 23.4 Å². The average Bonchev–Trinajstić information content (AvgIpc) is 2.69. The molecule has 2 saturated heterocycles. The van der Waals surface area contributed by atoms with Crippen molar-refractivity contribution >= 4 is 45.2 Å². The Hall–Kier alpha value is -1.50. The monoisotopic (exact) mass is 499 g/mol. The molecular weight excluding hydrogens is 479 g/mol. The quantitative estimate of drug-likeness (QED) is 0.689. The lowest BCUT2D eigenvalue weighted by atomic mass is 10.1. The molecule has 1 atom stereocenters. The lowest BCUT2D eigenvalue weighted by Gasteiger charge is -2.38. The maximum absolute atomic E-state index is 13.1. The molecular formula is C18H21ClF3N3O4S2. The highest BCUT2D eigenvalue weighted by Crippen LogP contribution is 2.36. The summed E-state index contributed by atoms with van der Waals surface area (Å²) in [5.74, 6) is -0.146. The number of hydrogen-bond donors (Lipinski definition) is 1. The molecule has 3 rings (SSSR count). The maximum Gasteiger partial charge on any atom is 0.417 e. The molecule has 2 aliphatic heterocycles. The molecule has 0 spiro atoms. The van der Waals surface area contributed by atoms with E-state index in [4.69, 9.17) is 11.6 Å². The third-order valence-electron chi connectivity index (χ3n) is 5.19. The van der Waals surface area contributed by atoms with Crippen molar-refractivity contribution in [2.24, 2.45) is 0 Å². The van der Waals surface area contributed by atoms with Crippen molar-refractivity contribution in [3.05, 3.63) is 28.8 Å². The number of hydrogen-bond acceptors (Lipinski definition) is 5. The first-order chi connectivity index (χ1) is 14.2. The summed E-state index contributed by atoms with van der Waals surface area (Å²) in [7, 11) is -4.20. The van der Waals surface area contributed by atoms with E-state index < -0.39 is 42.5 Å². The molecule has 2 fully saturated rings. The van der Waals surface area contributed by atoms with Gasteiger partial charge in [0.15, 0.2) is 0 Å². The van der Waals surface area contributed by atoms with Gasteiger partial charge in [-0.25, -0.2) is 8.42 Å². The van der Waals surface area contributed by atoms with Crippen LogP contribution in [0.2, 0.25) is 5.02 Å². The van der Waals surface area contributed by atoms with Crippen LogP contribution in [-0.4, -0.2) is 72.2 Å². The van der Waals surface area contributed by atoms with Gasteiger partial charge in [0.2, 0.25) is 21.8 Å². The van der Waals surface area contributed by atoms with E-state index in [0.717, 1.165) is 16.4 Å². The maximum atomic E-state index is 13.1. The Bertz CT molecular complexity index is 993. The molecule has 0 aromatic heterocycles. The second kappa shape index (κ2) is 8.45. The lowest BCUT2D eigenvalue weighted by Crippen LogP contribution is -2.60. The highest BCUT2D eigenvalue weighted by molar-refractivity contribution is 8.01. The Balaban J connectivity index is 1.68. The van der Waals surface area contributed by atoms with Gasteiger partial charge in [-0.15, -0.1) is 11.8 Å². The number of carbonyl (C=O) groups excluding carboxylic acids is 2.